The Morgan fingerprint density at radius 2 is 1.79 bits per heavy atom. The molecule has 7 nitrogen and oxygen atoms in total. The number of H-pyrrole nitrogens is 1. The molecule has 0 spiro atoms. The van der Waals surface area contributed by atoms with Gasteiger partial charge >= 0.3 is 5.69 Å². The topological polar surface area (TPSA) is 65.9 Å². The van der Waals surface area contributed by atoms with Crippen molar-refractivity contribution in [3.63, 3.8) is 0 Å². The number of methoxy groups -OCH3 is 1. The van der Waals surface area contributed by atoms with Crippen LogP contribution in [0.1, 0.15) is 5.69 Å². The standard InChI is InChI=1S/C22H23N5O2/c1-29-20-9-5-4-8-19(20)26-12-10-25(11-13-26)14-16-15-27-21(23-16)17-6-2-3-7-18(17)24-22(27)28/h2-9,15H,10-14H2,1H3,(H,24,28). The van der Waals surface area contributed by atoms with Crippen molar-refractivity contribution in [1.29, 1.82) is 0 Å². The Labute approximate surface area is 168 Å². The van der Waals surface area contributed by atoms with E-state index in [9.17, 15) is 4.79 Å². The molecule has 3 heterocycles. The number of piperazine rings is 1. The average Bonchev–Trinajstić information content (AvgIpc) is 3.19. The lowest BCUT2D eigenvalue weighted by Gasteiger charge is -2.36. The molecule has 0 radical (unpaired) electrons. The molecule has 0 atom stereocenters. The molecule has 148 valence electrons. The predicted octanol–water partition coefficient (Wildman–Crippen LogP) is 2.51. The number of ether oxygens (including phenoxy) is 1. The van der Waals surface area contributed by atoms with Crippen molar-refractivity contribution in [2.45, 2.75) is 6.54 Å². The first-order valence-corrected chi connectivity index (χ1v) is 9.82. The smallest absolute Gasteiger partial charge is 0.331 e. The van der Waals surface area contributed by atoms with E-state index in [0.717, 1.165) is 60.8 Å². The second-order valence-electron chi connectivity index (χ2n) is 7.34. The number of aromatic amines is 1. The Bertz CT molecular complexity index is 1220. The van der Waals surface area contributed by atoms with Crippen LogP contribution in [0, 0.1) is 0 Å². The van der Waals surface area contributed by atoms with Gasteiger partial charge in [-0.25, -0.2) is 9.78 Å². The maximum Gasteiger partial charge on any atom is 0.331 e. The van der Waals surface area contributed by atoms with Crippen LogP contribution in [0.15, 0.2) is 59.5 Å². The number of benzene rings is 2. The highest BCUT2D eigenvalue weighted by Crippen LogP contribution is 2.28. The Kier molecular flexibility index (Phi) is 4.44. The highest BCUT2D eigenvalue weighted by atomic mass is 16.5. The number of hydrogen-bond acceptors (Lipinski definition) is 5. The van der Waals surface area contributed by atoms with Crippen LogP contribution < -0.4 is 15.3 Å². The summed E-state index contributed by atoms with van der Waals surface area (Å²) in [4.78, 5) is 24.8. The Hall–Kier alpha value is -3.32. The SMILES string of the molecule is COc1ccccc1N1CCN(Cc2cn3c(=O)[nH]c4ccccc4c3n2)CC1. The van der Waals surface area contributed by atoms with Gasteiger partial charge in [-0.2, -0.15) is 0 Å². The maximum absolute atomic E-state index is 12.4. The summed E-state index contributed by atoms with van der Waals surface area (Å²) in [5.74, 6) is 0.910. The molecule has 1 saturated heterocycles. The van der Waals surface area contributed by atoms with Crippen LogP contribution in [-0.4, -0.2) is 52.6 Å². The van der Waals surface area contributed by atoms with Crippen molar-refractivity contribution < 1.29 is 4.74 Å². The van der Waals surface area contributed by atoms with Gasteiger partial charge in [0.2, 0.25) is 0 Å². The molecule has 1 N–H and O–H groups in total. The van der Waals surface area contributed by atoms with Gasteiger partial charge in [-0.3, -0.25) is 9.30 Å². The largest absolute Gasteiger partial charge is 0.495 e. The van der Waals surface area contributed by atoms with Gasteiger partial charge in [0.1, 0.15) is 5.75 Å². The first-order valence-electron chi connectivity index (χ1n) is 9.82. The zero-order valence-electron chi connectivity index (χ0n) is 16.3. The molecule has 5 rings (SSSR count). The number of rotatable bonds is 4. The van der Waals surface area contributed by atoms with Gasteiger partial charge < -0.3 is 14.6 Å². The molecular weight excluding hydrogens is 366 g/mol. The fraction of sp³-hybridized carbons (Fsp3) is 0.273. The molecule has 0 aliphatic carbocycles. The number of nitrogens with zero attached hydrogens (tertiary/aromatic N) is 4. The van der Waals surface area contributed by atoms with Crippen LogP contribution in [0.2, 0.25) is 0 Å². The molecule has 1 aliphatic heterocycles. The van der Waals surface area contributed by atoms with Crippen molar-refractivity contribution in [2.24, 2.45) is 0 Å². The van der Waals surface area contributed by atoms with Crippen LogP contribution in [0.25, 0.3) is 16.6 Å². The number of fused-ring (bicyclic) bond motifs is 3. The van der Waals surface area contributed by atoms with Crippen molar-refractivity contribution >= 4 is 22.2 Å². The zero-order valence-corrected chi connectivity index (χ0v) is 16.3. The van der Waals surface area contributed by atoms with E-state index in [1.165, 1.54) is 0 Å². The summed E-state index contributed by atoms with van der Waals surface area (Å²) in [7, 11) is 1.71. The molecule has 1 fully saturated rings. The highest BCUT2D eigenvalue weighted by molar-refractivity contribution is 5.90. The van der Waals surface area contributed by atoms with Gasteiger partial charge in [0.15, 0.2) is 5.65 Å². The first-order chi connectivity index (χ1) is 14.2. The summed E-state index contributed by atoms with van der Waals surface area (Å²) in [5.41, 5.74) is 3.43. The Balaban J connectivity index is 1.34. The third-order valence-corrected chi connectivity index (χ3v) is 5.57. The molecular formula is C22H23N5O2. The maximum atomic E-state index is 12.4. The summed E-state index contributed by atoms with van der Waals surface area (Å²) >= 11 is 0. The van der Waals surface area contributed by atoms with Crippen molar-refractivity contribution in [2.75, 3.05) is 38.2 Å². The highest BCUT2D eigenvalue weighted by Gasteiger charge is 2.20. The van der Waals surface area contributed by atoms with Gasteiger partial charge in [-0.05, 0) is 24.3 Å². The fourth-order valence-corrected chi connectivity index (χ4v) is 4.08. The summed E-state index contributed by atoms with van der Waals surface area (Å²) in [5, 5.41) is 0.958. The van der Waals surface area contributed by atoms with Gasteiger partial charge in [0, 0.05) is 44.3 Å². The molecule has 4 aromatic rings. The Morgan fingerprint density at radius 3 is 2.62 bits per heavy atom. The number of anilines is 1. The molecule has 2 aromatic carbocycles. The molecule has 0 saturated carbocycles. The van der Waals surface area contributed by atoms with E-state index in [1.807, 2.05) is 48.7 Å². The third-order valence-electron chi connectivity index (χ3n) is 5.57. The number of nitrogens with one attached hydrogen (secondary N) is 1. The van der Waals surface area contributed by atoms with E-state index >= 15 is 0 Å². The average molecular weight is 389 g/mol. The monoisotopic (exact) mass is 389 g/mol. The van der Waals surface area contributed by atoms with Gasteiger partial charge in [-0.15, -0.1) is 0 Å². The van der Waals surface area contributed by atoms with Gasteiger partial charge in [0.25, 0.3) is 0 Å². The van der Waals surface area contributed by atoms with Crippen molar-refractivity contribution in [1.82, 2.24) is 19.3 Å². The van der Waals surface area contributed by atoms with E-state index in [2.05, 4.69) is 20.9 Å². The Morgan fingerprint density at radius 1 is 1.03 bits per heavy atom. The van der Waals surface area contributed by atoms with Crippen molar-refractivity contribution in [3.8, 4) is 5.75 Å². The lowest BCUT2D eigenvalue weighted by molar-refractivity contribution is 0.247. The predicted molar refractivity (Wildman–Crippen MR) is 114 cm³/mol. The molecule has 1 aliphatic rings. The van der Waals surface area contributed by atoms with Crippen LogP contribution in [0.5, 0.6) is 5.75 Å². The van der Waals surface area contributed by atoms with E-state index < -0.39 is 0 Å². The lowest BCUT2D eigenvalue weighted by atomic mass is 10.2. The number of hydrogen-bond donors (Lipinski definition) is 1. The fourth-order valence-electron chi connectivity index (χ4n) is 4.08. The van der Waals surface area contributed by atoms with E-state index in [4.69, 9.17) is 9.72 Å². The van der Waals surface area contributed by atoms with Crippen LogP contribution in [0.4, 0.5) is 5.69 Å². The molecule has 0 bridgehead atoms. The van der Waals surface area contributed by atoms with Crippen LogP contribution in [0.3, 0.4) is 0 Å². The molecule has 0 amide bonds. The van der Waals surface area contributed by atoms with Gasteiger partial charge in [-0.1, -0.05) is 24.3 Å². The number of para-hydroxylation sites is 3. The van der Waals surface area contributed by atoms with E-state index in [1.54, 1.807) is 11.5 Å². The second kappa shape index (κ2) is 7.25. The minimum absolute atomic E-state index is 0.154. The molecule has 2 aromatic heterocycles. The summed E-state index contributed by atoms with van der Waals surface area (Å²) < 4.78 is 7.11. The van der Waals surface area contributed by atoms with Crippen molar-refractivity contribution in [3.05, 3.63) is 70.9 Å². The summed E-state index contributed by atoms with van der Waals surface area (Å²) in [6.45, 7) is 4.45. The summed E-state index contributed by atoms with van der Waals surface area (Å²) in [6.07, 6.45) is 1.85. The normalized spacial score (nSPS) is 15.3. The molecule has 7 heteroatoms. The summed E-state index contributed by atoms with van der Waals surface area (Å²) in [6, 6.07) is 15.9. The minimum Gasteiger partial charge on any atom is -0.495 e. The van der Waals surface area contributed by atoms with E-state index in [-0.39, 0.29) is 5.69 Å². The third kappa shape index (κ3) is 3.23. The van der Waals surface area contributed by atoms with Crippen LogP contribution >= 0.6 is 0 Å². The zero-order chi connectivity index (χ0) is 19.8. The van der Waals surface area contributed by atoms with Gasteiger partial charge in [0.05, 0.1) is 24.0 Å². The second-order valence-corrected chi connectivity index (χ2v) is 7.34. The van der Waals surface area contributed by atoms with Crippen LogP contribution in [-0.2, 0) is 6.54 Å². The number of aromatic nitrogens is 3. The molecule has 0 unspecified atom stereocenters. The van der Waals surface area contributed by atoms with E-state index in [0.29, 0.717) is 5.65 Å². The first kappa shape index (κ1) is 17.8. The number of imidazole rings is 1. The lowest BCUT2D eigenvalue weighted by Crippen LogP contribution is -2.46. The quantitative estimate of drug-likeness (QED) is 0.581. The molecule has 29 heavy (non-hydrogen) atoms. The minimum atomic E-state index is -0.154.